The van der Waals surface area contributed by atoms with Crippen molar-refractivity contribution in [1.29, 1.82) is 5.26 Å². The van der Waals surface area contributed by atoms with E-state index in [4.69, 9.17) is 5.26 Å². The van der Waals surface area contributed by atoms with Gasteiger partial charge in [-0.2, -0.15) is 5.26 Å². The van der Waals surface area contributed by atoms with E-state index in [2.05, 4.69) is 9.47 Å². The van der Waals surface area contributed by atoms with Crippen LogP contribution in [0.3, 0.4) is 0 Å². The number of hydrogen-bond acceptors (Lipinski definition) is 3. The molecule has 0 unspecified atom stereocenters. The molecule has 3 heteroatoms. The Bertz CT molecular complexity index is 86.9. The van der Waals surface area contributed by atoms with Crippen molar-refractivity contribution in [2.75, 3.05) is 20.8 Å². The van der Waals surface area contributed by atoms with E-state index in [1.54, 1.807) is 0 Å². The van der Waals surface area contributed by atoms with E-state index in [1.165, 1.54) is 14.2 Å². The Kier molecular flexibility index (Phi) is 4.23. The van der Waals surface area contributed by atoms with Gasteiger partial charge < -0.3 is 9.47 Å². The van der Waals surface area contributed by atoms with Gasteiger partial charge >= 0.3 is 0 Å². The van der Waals surface area contributed by atoms with Crippen LogP contribution in [0.15, 0.2) is 0 Å². The van der Waals surface area contributed by atoms with E-state index >= 15 is 0 Å². The monoisotopic (exact) mass is 115 g/mol. The molecule has 0 spiro atoms. The Labute approximate surface area is 48.8 Å². The van der Waals surface area contributed by atoms with Crippen LogP contribution in [0.5, 0.6) is 0 Å². The molecule has 0 aliphatic rings. The largest absolute Gasteiger partial charge is 0.381 e. The van der Waals surface area contributed by atoms with Gasteiger partial charge in [0.05, 0.1) is 12.7 Å². The lowest BCUT2D eigenvalue weighted by Crippen LogP contribution is -2.13. The third-order valence-electron chi connectivity index (χ3n) is 0.747. The molecule has 3 nitrogen and oxygen atoms in total. The predicted octanol–water partition coefficient (Wildman–Crippen LogP) is 0.171. The summed E-state index contributed by atoms with van der Waals surface area (Å²) in [5.74, 6) is 0. The molecule has 0 rings (SSSR count). The van der Waals surface area contributed by atoms with Crippen molar-refractivity contribution in [3.05, 3.63) is 0 Å². The van der Waals surface area contributed by atoms with E-state index < -0.39 is 6.10 Å². The molecule has 0 bridgehead atoms. The molecule has 46 valence electrons. The molecule has 0 aromatic rings. The lowest BCUT2D eigenvalue weighted by Gasteiger charge is -2.02. The summed E-state index contributed by atoms with van der Waals surface area (Å²) in [5.41, 5.74) is 0. The first-order valence-electron chi connectivity index (χ1n) is 2.26. The van der Waals surface area contributed by atoms with Gasteiger partial charge in [-0.05, 0) is 0 Å². The second kappa shape index (κ2) is 4.57. The fourth-order valence-electron chi connectivity index (χ4n) is 0.309. The highest BCUT2D eigenvalue weighted by Gasteiger charge is 2.00. The molecule has 0 amide bonds. The maximum atomic E-state index is 8.20. The highest BCUT2D eigenvalue weighted by atomic mass is 16.5. The summed E-state index contributed by atoms with van der Waals surface area (Å²) in [6.07, 6.45) is -0.417. The van der Waals surface area contributed by atoms with Crippen molar-refractivity contribution in [3.63, 3.8) is 0 Å². The number of ether oxygens (including phenoxy) is 2. The second-order valence-electron chi connectivity index (χ2n) is 1.31. The van der Waals surface area contributed by atoms with E-state index in [0.717, 1.165) is 0 Å². The molecule has 0 aromatic carbocycles. The van der Waals surface area contributed by atoms with Crippen LogP contribution in [0.4, 0.5) is 0 Å². The Morgan fingerprint density at radius 2 is 2.25 bits per heavy atom. The molecule has 0 saturated carbocycles. The number of rotatable bonds is 3. The van der Waals surface area contributed by atoms with Gasteiger partial charge in [0, 0.05) is 14.2 Å². The van der Waals surface area contributed by atoms with Gasteiger partial charge in [-0.3, -0.25) is 0 Å². The summed E-state index contributed by atoms with van der Waals surface area (Å²) in [6.45, 7) is 0.340. The summed E-state index contributed by atoms with van der Waals surface area (Å²) < 4.78 is 9.29. The van der Waals surface area contributed by atoms with Crippen molar-refractivity contribution >= 4 is 0 Å². The number of methoxy groups -OCH3 is 2. The van der Waals surface area contributed by atoms with E-state index in [0.29, 0.717) is 6.61 Å². The van der Waals surface area contributed by atoms with Crippen LogP contribution in [0.2, 0.25) is 0 Å². The lowest BCUT2D eigenvalue weighted by atomic mass is 10.4. The molecule has 0 aliphatic carbocycles. The van der Waals surface area contributed by atoms with E-state index in [-0.39, 0.29) is 0 Å². The van der Waals surface area contributed by atoms with Crippen molar-refractivity contribution in [2.45, 2.75) is 6.10 Å². The number of nitriles is 1. The van der Waals surface area contributed by atoms with Crippen LogP contribution in [0, 0.1) is 11.3 Å². The fourth-order valence-corrected chi connectivity index (χ4v) is 0.309. The van der Waals surface area contributed by atoms with E-state index in [1.807, 2.05) is 6.07 Å². The Hall–Kier alpha value is -0.590. The van der Waals surface area contributed by atoms with Crippen molar-refractivity contribution in [3.8, 4) is 6.07 Å². The van der Waals surface area contributed by atoms with Crippen LogP contribution in [0.1, 0.15) is 0 Å². The third kappa shape index (κ3) is 2.56. The van der Waals surface area contributed by atoms with Crippen molar-refractivity contribution < 1.29 is 9.47 Å². The Balaban J connectivity index is 3.26. The summed E-state index contributed by atoms with van der Waals surface area (Å²) >= 11 is 0. The highest BCUT2D eigenvalue weighted by Crippen LogP contribution is 1.85. The molecular formula is C5H9NO2. The lowest BCUT2D eigenvalue weighted by molar-refractivity contribution is 0.0616. The number of nitrogens with zero attached hydrogens (tertiary/aromatic N) is 1. The van der Waals surface area contributed by atoms with Crippen molar-refractivity contribution in [2.24, 2.45) is 0 Å². The molecule has 0 radical (unpaired) electrons. The zero-order valence-electron chi connectivity index (χ0n) is 5.05. The predicted molar refractivity (Wildman–Crippen MR) is 28.3 cm³/mol. The summed E-state index contributed by atoms with van der Waals surface area (Å²) in [4.78, 5) is 0. The molecule has 0 aliphatic heterocycles. The summed E-state index contributed by atoms with van der Waals surface area (Å²) in [7, 11) is 3.01. The molecule has 8 heavy (non-hydrogen) atoms. The minimum Gasteiger partial charge on any atom is -0.381 e. The molecule has 0 heterocycles. The second-order valence-corrected chi connectivity index (χ2v) is 1.31. The minimum absolute atomic E-state index is 0.340. The average Bonchev–Trinajstić information content (AvgIpc) is 1.83. The summed E-state index contributed by atoms with van der Waals surface area (Å²) in [5, 5.41) is 8.20. The van der Waals surface area contributed by atoms with Gasteiger partial charge in [0.15, 0.2) is 6.10 Å². The third-order valence-corrected chi connectivity index (χ3v) is 0.747. The standard InChI is InChI=1S/C5H9NO2/c1-7-4-5(3-6)8-2/h5H,4H2,1-2H3/t5-/m0/s1. The van der Waals surface area contributed by atoms with Gasteiger partial charge in [-0.1, -0.05) is 0 Å². The van der Waals surface area contributed by atoms with Crippen LogP contribution in [-0.4, -0.2) is 26.9 Å². The molecule has 0 saturated heterocycles. The quantitative estimate of drug-likeness (QED) is 0.526. The Morgan fingerprint density at radius 3 is 2.38 bits per heavy atom. The van der Waals surface area contributed by atoms with Gasteiger partial charge in [0.25, 0.3) is 0 Å². The Morgan fingerprint density at radius 1 is 1.62 bits per heavy atom. The van der Waals surface area contributed by atoms with Gasteiger partial charge in [-0.25, -0.2) is 0 Å². The van der Waals surface area contributed by atoms with Crippen LogP contribution < -0.4 is 0 Å². The number of hydrogen-bond donors (Lipinski definition) is 0. The maximum Gasteiger partial charge on any atom is 0.166 e. The molecular weight excluding hydrogens is 106 g/mol. The molecule has 1 atom stereocenters. The first-order chi connectivity index (χ1) is 3.85. The SMILES string of the molecule is COC[C@H](C#N)OC. The van der Waals surface area contributed by atoms with E-state index in [9.17, 15) is 0 Å². The first kappa shape index (κ1) is 7.41. The smallest absolute Gasteiger partial charge is 0.166 e. The summed E-state index contributed by atoms with van der Waals surface area (Å²) in [6, 6.07) is 1.91. The van der Waals surface area contributed by atoms with Gasteiger partial charge in [-0.15, -0.1) is 0 Å². The van der Waals surface area contributed by atoms with Crippen LogP contribution in [0.25, 0.3) is 0 Å². The zero-order valence-corrected chi connectivity index (χ0v) is 5.05. The highest BCUT2D eigenvalue weighted by molar-refractivity contribution is 4.82. The minimum atomic E-state index is -0.417. The first-order valence-corrected chi connectivity index (χ1v) is 2.26. The van der Waals surface area contributed by atoms with Crippen molar-refractivity contribution in [1.82, 2.24) is 0 Å². The fraction of sp³-hybridized carbons (Fsp3) is 0.800. The zero-order chi connectivity index (χ0) is 6.41. The molecule has 0 aromatic heterocycles. The maximum absolute atomic E-state index is 8.20. The topological polar surface area (TPSA) is 42.2 Å². The normalized spacial score (nSPS) is 12.6. The van der Waals surface area contributed by atoms with Gasteiger partial charge in [0.2, 0.25) is 0 Å². The van der Waals surface area contributed by atoms with Crippen LogP contribution >= 0.6 is 0 Å². The van der Waals surface area contributed by atoms with Crippen LogP contribution in [-0.2, 0) is 9.47 Å². The molecule has 0 N–H and O–H groups in total. The molecule has 0 fully saturated rings. The average molecular weight is 115 g/mol. The van der Waals surface area contributed by atoms with Gasteiger partial charge in [0.1, 0.15) is 0 Å².